The third kappa shape index (κ3) is 1.18. The average Bonchev–Trinajstić information content (AvgIpc) is 2.38. The minimum absolute atomic E-state index is 0.0400. The van der Waals surface area contributed by atoms with Gasteiger partial charge in [0.15, 0.2) is 11.8 Å². The molecule has 82 valence electrons. The van der Waals surface area contributed by atoms with Crippen LogP contribution in [0.1, 0.15) is 13.3 Å². The minimum atomic E-state index is -1.34. The lowest BCUT2D eigenvalue weighted by Crippen LogP contribution is -2.64. The van der Waals surface area contributed by atoms with Crippen LogP contribution in [0, 0.1) is 5.92 Å². The molecule has 0 saturated carbocycles. The largest absolute Gasteiger partial charge is 0.479 e. The number of fused-ring (bicyclic) bond motifs is 1. The Balaban J connectivity index is 2.23. The number of carbonyl (C=O) groups is 3. The van der Waals surface area contributed by atoms with Crippen LogP contribution in [-0.4, -0.2) is 51.0 Å². The predicted molar refractivity (Wildman–Crippen MR) is 46.9 cm³/mol. The summed E-state index contributed by atoms with van der Waals surface area (Å²) < 4.78 is 0. The summed E-state index contributed by atoms with van der Waals surface area (Å²) in [5, 5.41) is 18.1. The van der Waals surface area contributed by atoms with E-state index in [9.17, 15) is 19.5 Å². The molecule has 0 bridgehead atoms. The van der Waals surface area contributed by atoms with Crippen LogP contribution < -0.4 is 0 Å². The van der Waals surface area contributed by atoms with Gasteiger partial charge in [0, 0.05) is 6.42 Å². The van der Waals surface area contributed by atoms with E-state index in [1.165, 1.54) is 6.92 Å². The molecule has 2 aliphatic rings. The van der Waals surface area contributed by atoms with Crippen LogP contribution in [-0.2, 0) is 14.4 Å². The van der Waals surface area contributed by atoms with Crippen molar-refractivity contribution in [2.75, 3.05) is 0 Å². The molecule has 0 radical (unpaired) electrons. The third-order valence-corrected chi connectivity index (χ3v) is 3.06. The number of aliphatic hydroxyl groups excluding tert-OH is 1. The van der Waals surface area contributed by atoms with Crippen LogP contribution in [0.15, 0.2) is 0 Å². The Morgan fingerprint density at radius 1 is 1.53 bits per heavy atom. The summed E-state index contributed by atoms with van der Waals surface area (Å²) in [7, 11) is 0. The number of carbonyl (C=O) groups excluding carboxylic acids is 2. The zero-order valence-electron chi connectivity index (χ0n) is 8.08. The Hall–Kier alpha value is -1.43. The number of aliphatic hydroxyl groups is 1. The molecule has 2 fully saturated rings. The summed E-state index contributed by atoms with van der Waals surface area (Å²) in [6.45, 7) is 1.47. The molecule has 4 atom stereocenters. The molecular weight excluding hydrogens is 202 g/mol. The molecule has 0 aromatic heterocycles. The number of ketones is 1. The van der Waals surface area contributed by atoms with E-state index in [1.54, 1.807) is 0 Å². The molecule has 0 aromatic rings. The number of carboxylic acid groups (broad SMARTS) is 1. The van der Waals surface area contributed by atoms with E-state index in [0.29, 0.717) is 0 Å². The van der Waals surface area contributed by atoms with Gasteiger partial charge in [-0.3, -0.25) is 9.59 Å². The Morgan fingerprint density at radius 2 is 2.13 bits per heavy atom. The molecule has 0 spiro atoms. The molecule has 2 rings (SSSR count). The fraction of sp³-hybridized carbons (Fsp3) is 0.667. The van der Waals surface area contributed by atoms with Crippen LogP contribution in [0.5, 0.6) is 0 Å². The van der Waals surface area contributed by atoms with Crippen molar-refractivity contribution in [1.82, 2.24) is 4.90 Å². The standard InChI is InChI=1S/C9H11NO5/c1-3(11)6-4-2-5(12)7(9(14)15)10(4)8(6)13/h3-4,6-7,11H,2H2,1H3,(H,14,15). The lowest BCUT2D eigenvalue weighted by atomic mass is 9.84. The summed E-state index contributed by atoms with van der Waals surface area (Å²) in [5.74, 6) is -2.80. The number of aliphatic carboxylic acids is 1. The van der Waals surface area contributed by atoms with Gasteiger partial charge in [-0.05, 0) is 6.92 Å². The van der Waals surface area contributed by atoms with E-state index < -0.39 is 41.8 Å². The van der Waals surface area contributed by atoms with Crippen LogP contribution in [0.25, 0.3) is 0 Å². The number of rotatable bonds is 2. The molecule has 6 nitrogen and oxygen atoms in total. The highest BCUT2D eigenvalue weighted by Crippen LogP contribution is 2.39. The number of carboxylic acids is 1. The Labute approximate surface area is 85.5 Å². The molecular formula is C9H11NO5. The lowest BCUT2D eigenvalue weighted by molar-refractivity contribution is -0.170. The van der Waals surface area contributed by atoms with E-state index in [-0.39, 0.29) is 6.42 Å². The summed E-state index contributed by atoms with van der Waals surface area (Å²) >= 11 is 0. The molecule has 0 aromatic carbocycles. The number of amides is 1. The molecule has 2 heterocycles. The van der Waals surface area contributed by atoms with Gasteiger partial charge in [-0.1, -0.05) is 0 Å². The van der Waals surface area contributed by atoms with Crippen molar-refractivity contribution in [3.63, 3.8) is 0 Å². The van der Waals surface area contributed by atoms with Gasteiger partial charge in [-0.25, -0.2) is 4.79 Å². The number of Topliss-reactive ketones (excluding diaryl/α,β-unsaturated/α-hetero) is 1. The lowest BCUT2D eigenvalue weighted by Gasteiger charge is -2.44. The molecule has 1 amide bonds. The summed E-state index contributed by atoms with van der Waals surface area (Å²) in [6, 6.07) is -1.76. The Bertz CT molecular complexity index is 350. The maximum atomic E-state index is 11.5. The molecule has 6 heteroatoms. The van der Waals surface area contributed by atoms with Crippen molar-refractivity contribution in [1.29, 1.82) is 0 Å². The van der Waals surface area contributed by atoms with Crippen molar-refractivity contribution in [2.24, 2.45) is 5.92 Å². The second-order valence-corrected chi connectivity index (χ2v) is 3.99. The monoisotopic (exact) mass is 213 g/mol. The smallest absolute Gasteiger partial charge is 0.334 e. The van der Waals surface area contributed by atoms with Gasteiger partial charge in [0.25, 0.3) is 0 Å². The van der Waals surface area contributed by atoms with E-state index in [4.69, 9.17) is 5.11 Å². The molecule has 2 N–H and O–H groups in total. The zero-order valence-corrected chi connectivity index (χ0v) is 8.08. The average molecular weight is 213 g/mol. The number of hydrogen-bond donors (Lipinski definition) is 2. The van der Waals surface area contributed by atoms with Gasteiger partial charge in [-0.15, -0.1) is 0 Å². The topological polar surface area (TPSA) is 94.9 Å². The van der Waals surface area contributed by atoms with E-state index in [1.807, 2.05) is 0 Å². The highest BCUT2D eigenvalue weighted by Gasteiger charge is 2.60. The maximum Gasteiger partial charge on any atom is 0.334 e. The van der Waals surface area contributed by atoms with Gasteiger partial charge in [0.05, 0.1) is 18.1 Å². The summed E-state index contributed by atoms with van der Waals surface area (Å²) in [4.78, 5) is 34.6. The fourth-order valence-electron chi connectivity index (χ4n) is 2.39. The van der Waals surface area contributed by atoms with Gasteiger partial charge in [0.2, 0.25) is 5.91 Å². The van der Waals surface area contributed by atoms with Crippen LogP contribution in [0.4, 0.5) is 0 Å². The van der Waals surface area contributed by atoms with Crippen molar-refractivity contribution in [2.45, 2.75) is 31.5 Å². The summed E-state index contributed by atoms with van der Waals surface area (Å²) in [5.41, 5.74) is 0. The quantitative estimate of drug-likeness (QED) is 0.435. The molecule has 0 aliphatic carbocycles. The SMILES string of the molecule is CC(O)C1C(=O)N2C(C(=O)O)C(=O)CC12. The number of β-lactam (4-membered cyclic amide) rings is 1. The maximum absolute atomic E-state index is 11.5. The normalized spacial score (nSPS) is 36.1. The minimum Gasteiger partial charge on any atom is -0.479 e. The van der Waals surface area contributed by atoms with Crippen molar-refractivity contribution >= 4 is 17.7 Å². The Kier molecular flexibility index (Phi) is 2.04. The predicted octanol–water partition coefficient (Wildman–Crippen LogP) is -1.38. The summed E-state index contributed by atoms with van der Waals surface area (Å²) in [6.07, 6.45) is -0.794. The van der Waals surface area contributed by atoms with Crippen molar-refractivity contribution in [3.05, 3.63) is 0 Å². The number of hydrogen-bond acceptors (Lipinski definition) is 4. The second-order valence-electron chi connectivity index (χ2n) is 3.99. The molecule has 4 unspecified atom stereocenters. The van der Waals surface area contributed by atoms with Gasteiger partial charge >= 0.3 is 5.97 Å². The van der Waals surface area contributed by atoms with Gasteiger partial charge < -0.3 is 15.1 Å². The second kappa shape index (κ2) is 3.03. The Morgan fingerprint density at radius 3 is 2.60 bits per heavy atom. The van der Waals surface area contributed by atoms with E-state index >= 15 is 0 Å². The van der Waals surface area contributed by atoms with Gasteiger partial charge in [-0.2, -0.15) is 0 Å². The van der Waals surface area contributed by atoms with E-state index in [2.05, 4.69) is 0 Å². The van der Waals surface area contributed by atoms with Gasteiger partial charge in [0.1, 0.15) is 0 Å². The van der Waals surface area contributed by atoms with Crippen LogP contribution >= 0.6 is 0 Å². The first-order valence-corrected chi connectivity index (χ1v) is 4.71. The first-order valence-electron chi connectivity index (χ1n) is 4.71. The molecule has 2 aliphatic heterocycles. The highest BCUT2D eigenvalue weighted by atomic mass is 16.4. The van der Waals surface area contributed by atoms with E-state index in [0.717, 1.165) is 4.90 Å². The highest BCUT2D eigenvalue weighted by molar-refractivity contribution is 6.10. The molecule has 15 heavy (non-hydrogen) atoms. The first kappa shape index (κ1) is 10.1. The third-order valence-electron chi connectivity index (χ3n) is 3.06. The van der Waals surface area contributed by atoms with Crippen LogP contribution in [0.3, 0.4) is 0 Å². The van der Waals surface area contributed by atoms with Crippen LogP contribution in [0.2, 0.25) is 0 Å². The van der Waals surface area contributed by atoms with Crippen molar-refractivity contribution < 1.29 is 24.6 Å². The fourth-order valence-corrected chi connectivity index (χ4v) is 2.39. The zero-order chi connectivity index (χ0) is 11.3. The van der Waals surface area contributed by atoms with Crippen molar-refractivity contribution in [3.8, 4) is 0 Å². The number of nitrogens with zero attached hydrogens (tertiary/aromatic N) is 1. The molecule has 2 saturated heterocycles. The first-order chi connectivity index (χ1) is 6.95.